The van der Waals surface area contributed by atoms with E-state index in [0.717, 1.165) is 10.6 Å². The van der Waals surface area contributed by atoms with E-state index in [-0.39, 0.29) is 5.91 Å². The number of nitrogens with one attached hydrogen (secondary N) is 1. The van der Waals surface area contributed by atoms with Crippen molar-refractivity contribution in [2.45, 2.75) is 13.3 Å². The van der Waals surface area contributed by atoms with Crippen LogP contribution in [0.4, 0.5) is 5.69 Å². The van der Waals surface area contributed by atoms with Crippen molar-refractivity contribution in [2.24, 2.45) is 0 Å². The monoisotopic (exact) mass is 366 g/mol. The summed E-state index contributed by atoms with van der Waals surface area (Å²) in [7, 11) is 0. The van der Waals surface area contributed by atoms with Crippen molar-refractivity contribution in [2.75, 3.05) is 5.32 Å². The first kappa shape index (κ1) is 16.2. The molecule has 0 aliphatic heterocycles. The number of para-hydroxylation sites is 1. The Morgan fingerprint density at radius 3 is 2.85 bits per heavy atom. The number of furan rings is 1. The summed E-state index contributed by atoms with van der Waals surface area (Å²) in [5.74, 6) is 1.12. The highest BCUT2D eigenvalue weighted by atomic mass is 32.1. The van der Waals surface area contributed by atoms with Crippen LogP contribution in [0.5, 0.6) is 0 Å². The molecule has 7 nitrogen and oxygen atoms in total. The molecule has 0 aliphatic carbocycles. The van der Waals surface area contributed by atoms with Crippen molar-refractivity contribution >= 4 is 22.9 Å². The van der Waals surface area contributed by atoms with Gasteiger partial charge in [0.25, 0.3) is 5.91 Å². The Morgan fingerprint density at radius 2 is 2.08 bits per heavy atom. The van der Waals surface area contributed by atoms with Gasteiger partial charge in [-0.1, -0.05) is 23.4 Å². The van der Waals surface area contributed by atoms with Crippen LogP contribution in [0.25, 0.3) is 11.6 Å². The molecule has 4 aromatic rings. The van der Waals surface area contributed by atoms with Crippen LogP contribution in [0.3, 0.4) is 0 Å². The number of hydrogen-bond donors (Lipinski definition) is 1. The minimum absolute atomic E-state index is 0.247. The number of nitrogens with zero attached hydrogens (tertiary/aromatic N) is 3. The fraction of sp³-hybridized carbons (Fsp3) is 0.111. The lowest BCUT2D eigenvalue weighted by Crippen LogP contribution is -2.13. The van der Waals surface area contributed by atoms with Gasteiger partial charge in [0.2, 0.25) is 11.7 Å². The van der Waals surface area contributed by atoms with E-state index in [0.29, 0.717) is 35.3 Å². The summed E-state index contributed by atoms with van der Waals surface area (Å²) in [6, 6.07) is 11.0. The molecule has 0 unspecified atom stereocenters. The third kappa shape index (κ3) is 3.40. The van der Waals surface area contributed by atoms with Crippen LogP contribution in [0.2, 0.25) is 0 Å². The van der Waals surface area contributed by atoms with Gasteiger partial charge >= 0.3 is 0 Å². The van der Waals surface area contributed by atoms with Crippen LogP contribution in [0.15, 0.2) is 57.0 Å². The van der Waals surface area contributed by atoms with E-state index in [1.165, 1.54) is 11.3 Å². The van der Waals surface area contributed by atoms with Gasteiger partial charge in [-0.05, 0) is 30.7 Å². The number of hydrogen-bond acceptors (Lipinski definition) is 7. The number of carbonyl (C=O) groups excluding carboxylic acids is 1. The smallest absolute Gasteiger partial charge is 0.275 e. The van der Waals surface area contributed by atoms with Crippen molar-refractivity contribution in [1.82, 2.24) is 15.1 Å². The molecule has 0 bridgehead atoms. The van der Waals surface area contributed by atoms with Crippen LogP contribution in [0.1, 0.15) is 27.0 Å². The Labute approximate surface area is 152 Å². The molecule has 0 spiro atoms. The fourth-order valence-electron chi connectivity index (χ4n) is 2.45. The molecule has 4 rings (SSSR count). The summed E-state index contributed by atoms with van der Waals surface area (Å²) >= 11 is 1.44. The van der Waals surface area contributed by atoms with Gasteiger partial charge in [0, 0.05) is 11.1 Å². The first-order chi connectivity index (χ1) is 12.7. The van der Waals surface area contributed by atoms with E-state index in [9.17, 15) is 4.79 Å². The Hall–Kier alpha value is -3.26. The summed E-state index contributed by atoms with van der Waals surface area (Å²) in [6.45, 7) is 1.86. The molecule has 1 aromatic carbocycles. The Balaban J connectivity index is 1.53. The molecule has 3 heterocycles. The Bertz CT molecular complexity index is 1040. The molecule has 0 aliphatic rings. The van der Waals surface area contributed by atoms with Crippen LogP contribution >= 0.6 is 11.3 Å². The lowest BCUT2D eigenvalue weighted by molar-refractivity contribution is 0.102. The zero-order valence-corrected chi connectivity index (χ0v) is 14.6. The summed E-state index contributed by atoms with van der Waals surface area (Å²) < 4.78 is 10.6. The maximum atomic E-state index is 12.4. The third-order valence-corrected chi connectivity index (χ3v) is 4.44. The largest absolute Gasteiger partial charge is 0.461 e. The molecule has 1 amide bonds. The van der Waals surface area contributed by atoms with Crippen LogP contribution in [-0.2, 0) is 6.42 Å². The van der Waals surface area contributed by atoms with E-state index in [4.69, 9.17) is 8.94 Å². The van der Waals surface area contributed by atoms with Gasteiger partial charge in [0.05, 0.1) is 17.7 Å². The molecule has 0 fully saturated rings. The number of benzene rings is 1. The highest BCUT2D eigenvalue weighted by Gasteiger charge is 2.15. The Kier molecular flexibility index (Phi) is 4.32. The second-order valence-corrected chi connectivity index (χ2v) is 6.59. The van der Waals surface area contributed by atoms with Crippen molar-refractivity contribution in [1.29, 1.82) is 0 Å². The standard InChI is InChI=1S/C18H14N4O3S/c1-11-19-14(10-26-11)18(23)20-13-6-3-2-5-12(13)9-16-21-17(22-25-16)15-7-4-8-24-15/h2-8,10H,9H2,1H3,(H,20,23). The van der Waals surface area contributed by atoms with E-state index in [2.05, 4.69) is 20.4 Å². The van der Waals surface area contributed by atoms with Gasteiger partial charge in [-0.3, -0.25) is 4.79 Å². The number of carbonyl (C=O) groups is 1. The first-order valence-electron chi connectivity index (χ1n) is 7.87. The number of aryl methyl sites for hydroxylation is 1. The summed E-state index contributed by atoms with van der Waals surface area (Å²) in [4.78, 5) is 20.9. The summed E-state index contributed by atoms with van der Waals surface area (Å²) in [6.07, 6.45) is 1.94. The number of thiazole rings is 1. The maximum absolute atomic E-state index is 12.4. The molecule has 0 saturated heterocycles. The SMILES string of the molecule is Cc1nc(C(=O)Nc2ccccc2Cc2nc(-c3ccco3)no2)cs1. The van der Waals surface area contributed by atoms with E-state index >= 15 is 0 Å². The van der Waals surface area contributed by atoms with Crippen LogP contribution in [0, 0.1) is 6.92 Å². The first-order valence-corrected chi connectivity index (χ1v) is 8.75. The average molecular weight is 366 g/mol. The number of amides is 1. The molecule has 0 atom stereocenters. The highest BCUT2D eigenvalue weighted by molar-refractivity contribution is 7.09. The molecular formula is C18H14N4O3S. The maximum Gasteiger partial charge on any atom is 0.275 e. The molecule has 8 heteroatoms. The molecule has 0 saturated carbocycles. The third-order valence-electron chi connectivity index (χ3n) is 3.67. The normalized spacial score (nSPS) is 10.8. The summed E-state index contributed by atoms with van der Waals surface area (Å²) in [5, 5.41) is 9.40. The predicted octanol–water partition coefficient (Wildman–Crippen LogP) is 3.94. The van der Waals surface area contributed by atoms with E-state index < -0.39 is 0 Å². The molecule has 3 aromatic heterocycles. The van der Waals surface area contributed by atoms with Crippen LogP contribution in [-0.4, -0.2) is 21.0 Å². The zero-order valence-electron chi connectivity index (χ0n) is 13.8. The second-order valence-electron chi connectivity index (χ2n) is 5.53. The zero-order chi connectivity index (χ0) is 17.9. The van der Waals surface area contributed by atoms with Gasteiger partial charge in [0.1, 0.15) is 5.69 Å². The van der Waals surface area contributed by atoms with Crippen molar-refractivity contribution in [3.63, 3.8) is 0 Å². The van der Waals surface area contributed by atoms with E-state index in [1.807, 2.05) is 31.2 Å². The lowest BCUT2D eigenvalue weighted by Gasteiger charge is -2.08. The number of rotatable bonds is 5. The topological polar surface area (TPSA) is 94.1 Å². The minimum atomic E-state index is -0.247. The number of aromatic nitrogens is 3. The Morgan fingerprint density at radius 1 is 1.19 bits per heavy atom. The molecule has 0 radical (unpaired) electrons. The van der Waals surface area contributed by atoms with Gasteiger partial charge in [-0.25, -0.2) is 4.98 Å². The highest BCUT2D eigenvalue weighted by Crippen LogP contribution is 2.22. The van der Waals surface area contributed by atoms with E-state index in [1.54, 1.807) is 23.8 Å². The van der Waals surface area contributed by atoms with Crippen molar-refractivity contribution in [3.05, 3.63) is 70.2 Å². The molecule has 26 heavy (non-hydrogen) atoms. The number of anilines is 1. The minimum Gasteiger partial charge on any atom is -0.461 e. The lowest BCUT2D eigenvalue weighted by atomic mass is 10.1. The quantitative estimate of drug-likeness (QED) is 0.575. The van der Waals surface area contributed by atoms with Crippen molar-refractivity contribution in [3.8, 4) is 11.6 Å². The van der Waals surface area contributed by atoms with Gasteiger partial charge in [-0.2, -0.15) is 4.98 Å². The fourth-order valence-corrected chi connectivity index (χ4v) is 3.04. The van der Waals surface area contributed by atoms with Crippen LogP contribution < -0.4 is 5.32 Å². The predicted molar refractivity (Wildman–Crippen MR) is 96.1 cm³/mol. The summed E-state index contributed by atoms with van der Waals surface area (Å²) in [5.41, 5.74) is 1.95. The van der Waals surface area contributed by atoms with Gasteiger partial charge < -0.3 is 14.3 Å². The molecular weight excluding hydrogens is 352 g/mol. The van der Waals surface area contributed by atoms with Gasteiger partial charge in [0.15, 0.2) is 5.76 Å². The second kappa shape index (κ2) is 6.93. The van der Waals surface area contributed by atoms with Gasteiger partial charge in [-0.15, -0.1) is 11.3 Å². The van der Waals surface area contributed by atoms with Crippen molar-refractivity contribution < 1.29 is 13.7 Å². The molecule has 130 valence electrons. The average Bonchev–Trinajstić information content (AvgIpc) is 3.37. The molecule has 1 N–H and O–H groups in total.